The van der Waals surface area contributed by atoms with Gasteiger partial charge >= 0.3 is 0 Å². The second-order valence-corrected chi connectivity index (χ2v) is 14.5. The molecule has 0 aromatic heterocycles. The van der Waals surface area contributed by atoms with Gasteiger partial charge in [0.15, 0.2) is 0 Å². The van der Waals surface area contributed by atoms with Crippen molar-refractivity contribution >= 4 is 33.2 Å². The smallest absolute Gasteiger partial charge is 0.264 e. The summed E-state index contributed by atoms with van der Waals surface area (Å²) in [6.45, 7) is 9.04. The fourth-order valence-corrected chi connectivity index (χ4v) is 8.24. The van der Waals surface area contributed by atoms with E-state index < -0.39 is 27.8 Å². The average molecular weight is 613 g/mol. The minimum absolute atomic E-state index is 0.177. The van der Waals surface area contributed by atoms with Crippen molar-refractivity contribution in [2.75, 3.05) is 31.2 Å². The lowest BCUT2D eigenvalue weighted by Gasteiger charge is -2.44. The maximum Gasteiger partial charge on any atom is 0.264 e. The van der Waals surface area contributed by atoms with E-state index in [0.717, 1.165) is 55.9 Å². The van der Waals surface area contributed by atoms with Crippen LogP contribution in [0.3, 0.4) is 0 Å². The number of ether oxygens (including phenoxy) is 1. The average Bonchev–Trinajstić information content (AvgIpc) is 3.11. The number of allylic oxidation sites excluding steroid dienone is 2. The lowest BCUT2D eigenvalue weighted by Crippen LogP contribution is -2.48. The normalized spacial score (nSPS) is 23.9. The van der Waals surface area contributed by atoms with Gasteiger partial charge in [-0.05, 0) is 105 Å². The number of aliphatic hydroxyl groups excluding tert-OH is 1. The van der Waals surface area contributed by atoms with Crippen LogP contribution in [0.2, 0.25) is 5.02 Å². The first-order valence-electron chi connectivity index (χ1n) is 14.9. The Bertz CT molecular complexity index is 1440. The third-order valence-electron chi connectivity index (χ3n) is 9.37. The Morgan fingerprint density at radius 2 is 2.00 bits per heavy atom. The maximum absolute atomic E-state index is 13.3. The molecule has 2 aromatic carbocycles. The number of nitrogens with one attached hydrogen (secondary N) is 1. The number of fused-ring (bicyclic) bond motifs is 3. The molecule has 4 atom stereocenters. The fourth-order valence-electron chi connectivity index (χ4n) is 6.86. The molecule has 1 heterocycles. The molecule has 2 aromatic rings. The molecule has 1 aliphatic heterocycles. The van der Waals surface area contributed by atoms with Crippen LogP contribution in [0.5, 0.6) is 5.75 Å². The number of hydrogen-bond donors (Lipinski definition) is 2. The highest BCUT2D eigenvalue weighted by molar-refractivity contribution is 7.90. The topological polar surface area (TPSA) is 95.9 Å². The third-order valence-corrected chi connectivity index (χ3v) is 11.3. The molecule has 1 spiro atoms. The number of halogens is 1. The molecule has 3 aliphatic rings. The second kappa shape index (κ2) is 12.8. The van der Waals surface area contributed by atoms with Gasteiger partial charge in [-0.15, -0.1) is 13.2 Å². The highest BCUT2D eigenvalue weighted by atomic mass is 35.5. The number of sulfonamides is 1. The minimum Gasteiger partial charge on any atom is -0.490 e. The number of amides is 1. The van der Waals surface area contributed by atoms with Crippen LogP contribution in [0.25, 0.3) is 0 Å². The van der Waals surface area contributed by atoms with Crippen LogP contribution in [0, 0.1) is 11.8 Å². The molecular weight excluding hydrogens is 572 g/mol. The fraction of sp³-hybridized carbons (Fsp3) is 0.485. The van der Waals surface area contributed by atoms with E-state index in [2.05, 4.69) is 34.9 Å². The van der Waals surface area contributed by atoms with E-state index in [1.807, 2.05) is 12.1 Å². The van der Waals surface area contributed by atoms with Crippen molar-refractivity contribution in [2.24, 2.45) is 11.8 Å². The molecule has 7 nitrogen and oxygen atoms in total. The van der Waals surface area contributed by atoms with E-state index in [-0.39, 0.29) is 17.4 Å². The summed E-state index contributed by atoms with van der Waals surface area (Å²) >= 11 is 6.38. The van der Waals surface area contributed by atoms with Gasteiger partial charge in [-0.1, -0.05) is 29.8 Å². The summed E-state index contributed by atoms with van der Waals surface area (Å²) < 4.78 is 34.5. The van der Waals surface area contributed by atoms with Gasteiger partial charge in [0.2, 0.25) is 10.0 Å². The van der Waals surface area contributed by atoms with Crippen LogP contribution < -0.4 is 14.4 Å². The van der Waals surface area contributed by atoms with Crippen molar-refractivity contribution in [3.8, 4) is 5.75 Å². The Labute approximate surface area is 254 Å². The van der Waals surface area contributed by atoms with E-state index in [0.29, 0.717) is 30.6 Å². The van der Waals surface area contributed by atoms with Gasteiger partial charge in [-0.2, -0.15) is 0 Å². The van der Waals surface area contributed by atoms with Crippen LogP contribution >= 0.6 is 11.6 Å². The molecular formula is C33H41ClN2O5S. The molecule has 2 aliphatic carbocycles. The molecule has 2 N–H and O–H groups in total. The lowest BCUT2D eigenvalue weighted by atomic mass is 9.69. The van der Waals surface area contributed by atoms with Gasteiger partial charge < -0.3 is 14.7 Å². The number of anilines is 1. The second-order valence-electron chi connectivity index (χ2n) is 12.1. The van der Waals surface area contributed by atoms with Gasteiger partial charge in [0, 0.05) is 29.1 Å². The summed E-state index contributed by atoms with van der Waals surface area (Å²) in [5.41, 5.74) is 3.32. The number of aryl methyl sites for hydroxylation is 1. The summed E-state index contributed by atoms with van der Waals surface area (Å²) in [7, 11) is -4.08. The highest BCUT2D eigenvalue weighted by Crippen LogP contribution is 2.46. The Kier molecular flexibility index (Phi) is 9.35. The highest BCUT2D eigenvalue weighted by Gasteiger charge is 2.43. The molecule has 1 unspecified atom stereocenters. The molecule has 1 saturated carbocycles. The zero-order valence-corrected chi connectivity index (χ0v) is 25.6. The molecule has 1 fully saturated rings. The molecule has 226 valence electrons. The number of nitrogens with zero attached hydrogens (tertiary/aromatic N) is 1. The summed E-state index contributed by atoms with van der Waals surface area (Å²) in [5.74, 6) is 1.03. The predicted octanol–water partition coefficient (Wildman–Crippen LogP) is 5.80. The number of rotatable bonds is 11. The van der Waals surface area contributed by atoms with Gasteiger partial charge in [0.25, 0.3) is 5.91 Å². The predicted molar refractivity (Wildman–Crippen MR) is 168 cm³/mol. The third kappa shape index (κ3) is 6.26. The number of hydrogen-bond acceptors (Lipinski definition) is 6. The van der Waals surface area contributed by atoms with Crippen LogP contribution in [0.15, 0.2) is 61.7 Å². The summed E-state index contributed by atoms with van der Waals surface area (Å²) in [4.78, 5) is 15.6. The van der Waals surface area contributed by atoms with Crippen LogP contribution in [0.4, 0.5) is 5.69 Å². The van der Waals surface area contributed by atoms with Crippen molar-refractivity contribution in [1.29, 1.82) is 0 Å². The summed E-state index contributed by atoms with van der Waals surface area (Å²) in [6, 6.07) is 11.3. The SMILES string of the molecule is C=CCCC(CO)S(=O)(=O)NC(=O)c1ccc2c(c1)N(C[C@@H]1CC[C@H]1CC=C)C[C@@]1(CCCc3cc(Cl)ccc31)CO2. The first-order chi connectivity index (χ1) is 20.2. The first-order valence-corrected chi connectivity index (χ1v) is 16.8. The molecule has 0 radical (unpaired) electrons. The van der Waals surface area contributed by atoms with E-state index in [9.17, 15) is 18.3 Å². The Balaban J connectivity index is 1.47. The number of carbonyl (C=O) groups excluding carboxylic acids is 1. The van der Waals surface area contributed by atoms with E-state index >= 15 is 0 Å². The first kappa shape index (κ1) is 30.6. The minimum atomic E-state index is -4.08. The van der Waals surface area contributed by atoms with Crippen molar-refractivity contribution in [1.82, 2.24) is 4.72 Å². The van der Waals surface area contributed by atoms with Gasteiger partial charge in [0.1, 0.15) is 11.0 Å². The largest absolute Gasteiger partial charge is 0.490 e. The van der Waals surface area contributed by atoms with Gasteiger partial charge in [-0.25, -0.2) is 13.1 Å². The van der Waals surface area contributed by atoms with E-state index in [1.54, 1.807) is 24.3 Å². The zero-order valence-electron chi connectivity index (χ0n) is 24.1. The van der Waals surface area contributed by atoms with Crippen LogP contribution in [0.1, 0.15) is 66.4 Å². The number of aliphatic hydroxyl groups is 1. The monoisotopic (exact) mass is 612 g/mol. The summed E-state index contributed by atoms with van der Waals surface area (Å²) in [6.07, 6.45) is 10.5. The van der Waals surface area contributed by atoms with Gasteiger partial charge in [0.05, 0.1) is 18.9 Å². The van der Waals surface area contributed by atoms with Crippen molar-refractivity contribution < 1.29 is 23.1 Å². The molecule has 5 rings (SSSR count). The summed E-state index contributed by atoms with van der Waals surface area (Å²) in [5, 5.41) is 9.31. The quantitative estimate of drug-likeness (QED) is 0.311. The Hall–Kier alpha value is -2.81. The van der Waals surface area contributed by atoms with Crippen molar-refractivity contribution in [2.45, 2.75) is 62.0 Å². The molecule has 0 saturated heterocycles. The maximum atomic E-state index is 13.3. The Morgan fingerprint density at radius 1 is 1.19 bits per heavy atom. The molecule has 9 heteroatoms. The Morgan fingerprint density at radius 3 is 2.71 bits per heavy atom. The van der Waals surface area contributed by atoms with Gasteiger partial charge in [-0.3, -0.25) is 4.79 Å². The lowest BCUT2D eigenvalue weighted by molar-refractivity contribution is 0.0980. The van der Waals surface area contributed by atoms with Crippen LogP contribution in [-0.4, -0.2) is 51.0 Å². The standard InChI is InChI=1S/C33H41ClN2O5S/c1-3-5-9-28(20-37)42(39,40)35-32(38)25-12-15-31-30(18-25)36(19-26-11-10-23(26)7-4-2)21-33(22-41-31)16-6-8-24-17-27(34)13-14-29(24)33/h3-4,12-15,17-18,23,26,28,37H,1-2,5-11,16,19-22H2,(H,35,38)/t23-,26+,28?,33+/m1/s1. The number of carbonyl (C=O) groups is 1. The zero-order chi connectivity index (χ0) is 29.9. The van der Waals surface area contributed by atoms with E-state index in [1.165, 1.54) is 17.5 Å². The van der Waals surface area contributed by atoms with Crippen molar-refractivity contribution in [3.05, 3.63) is 83.4 Å². The van der Waals surface area contributed by atoms with Crippen LogP contribution in [-0.2, 0) is 21.9 Å². The number of benzene rings is 2. The van der Waals surface area contributed by atoms with Crippen molar-refractivity contribution in [3.63, 3.8) is 0 Å². The molecule has 1 amide bonds. The molecule has 0 bridgehead atoms. The van der Waals surface area contributed by atoms with E-state index in [4.69, 9.17) is 16.3 Å². The molecule has 42 heavy (non-hydrogen) atoms.